The number of Topliss-reactive ketones (excluding diaryl/α,β-unsaturated/α-hetero) is 1. The molecule has 6 nitrogen and oxygen atoms in total. The molecule has 0 aromatic rings. The lowest BCUT2D eigenvalue weighted by Gasteiger charge is -2.63. The number of allylic oxidation sites excluding steroid dienone is 4. The summed E-state index contributed by atoms with van der Waals surface area (Å²) in [5, 5.41) is 21.0. The van der Waals surface area contributed by atoms with Crippen molar-refractivity contribution in [2.24, 2.45) is 22.7 Å². The van der Waals surface area contributed by atoms with E-state index in [-0.39, 0.29) is 37.7 Å². The number of aliphatic hydroxyl groups excluding tert-OH is 2. The van der Waals surface area contributed by atoms with Crippen molar-refractivity contribution in [3.8, 4) is 0 Å². The molecule has 3 saturated carbocycles. The zero-order valence-corrected chi connectivity index (χ0v) is 19.3. The van der Waals surface area contributed by atoms with Gasteiger partial charge in [0.2, 0.25) is 5.78 Å². The summed E-state index contributed by atoms with van der Waals surface area (Å²) in [6, 6.07) is 0. The maximum Gasteiger partial charge on any atom is 0.306 e. The van der Waals surface area contributed by atoms with Crippen molar-refractivity contribution in [2.45, 2.75) is 82.8 Å². The minimum atomic E-state index is -2.27. The SMILES string of the molecule is CCCC(=O)O[C@]1(C(=O)CO)CC[C@H]2[C@@H]3C[C@H](F)C4=CC(=O)C=C[C@]4(C)[C@@]3(F)C(O)C[C@@]21C. The van der Waals surface area contributed by atoms with Crippen LogP contribution in [0.5, 0.6) is 0 Å². The van der Waals surface area contributed by atoms with Gasteiger partial charge in [-0.15, -0.1) is 0 Å². The zero-order chi connectivity index (χ0) is 24.4. The number of rotatable bonds is 5. The maximum atomic E-state index is 17.1. The van der Waals surface area contributed by atoms with Gasteiger partial charge in [-0.3, -0.25) is 14.4 Å². The second-order valence-corrected chi connectivity index (χ2v) is 10.5. The van der Waals surface area contributed by atoms with Crippen molar-refractivity contribution in [1.82, 2.24) is 0 Å². The number of carbonyl (C=O) groups excluding carboxylic acids is 3. The van der Waals surface area contributed by atoms with Crippen molar-refractivity contribution >= 4 is 17.5 Å². The predicted molar refractivity (Wildman–Crippen MR) is 114 cm³/mol. The number of hydrogen-bond donors (Lipinski definition) is 2. The van der Waals surface area contributed by atoms with E-state index in [2.05, 4.69) is 0 Å². The normalized spacial score (nSPS) is 46.2. The van der Waals surface area contributed by atoms with E-state index < -0.39 is 70.4 Å². The van der Waals surface area contributed by atoms with Crippen LogP contribution in [-0.2, 0) is 19.1 Å². The smallest absolute Gasteiger partial charge is 0.306 e. The van der Waals surface area contributed by atoms with Crippen LogP contribution in [0.15, 0.2) is 23.8 Å². The monoisotopic (exact) mass is 466 g/mol. The maximum absolute atomic E-state index is 17.1. The highest BCUT2D eigenvalue weighted by Gasteiger charge is 2.76. The molecule has 182 valence electrons. The lowest BCUT2D eigenvalue weighted by molar-refractivity contribution is -0.229. The Morgan fingerprint density at radius 2 is 1.97 bits per heavy atom. The summed E-state index contributed by atoms with van der Waals surface area (Å²) >= 11 is 0. The fraction of sp³-hybridized carbons (Fsp3) is 0.720. The third kappa shape index (κ3) is 2.99. The largest absolute Gasteiger partial charge is 0.450 e. The number of aliphatic hydroxyl groups is 2. The molecule has 0 aliphatic heterocycles. The van der Waals surface area contributed by atoms with E-state index in [1.165, 1.54) is 19.1 Å². The second kappa shape index (κ2) is 7.80. The second-order valence-electron chi connectivity index (χ2n) is 10.5. The molecule has 0 amide bonds. The summed E-state index contributed by atoms with van der Waals surface area (Å²) in [7, 11) is 0. The third-order valence-corrected chi connectivity index (χ3v) is 9.08. The number of halogens is 2. The Hall–Kier alpha value is -1.93. The average molecular weight is 467 g/mol. The van der Waals surface area contributed by atoms with Gasteiger partial charge in [0, 0.05) is 23.2 Å². The molecule has 0 aromatic carbocycles. The fourth-order valence-electron chi connectivity index (χ4n) is 7.45. The van der Waals surface area contributed by atoms with Gasteiger partial charge in [0.15, 0.2) is 17.1 Å². The molecule has 4 rings (SSSR count). The highest BCUT2D eigenvalue weighted by atomic mass is 19.1. The van der Waals surface area contributed by atoms with E-state index in [9.17, 15) is 24.6 Å². The lowest BCUT2D eigenvalue weighted by atomic mass is 9.44. The molecule has 4 aliphatic carbocycles. The number of carbonyl (C=O) groups is 3. The van der Waals surface area contributed by atoms with Crippen LogP contribution in [0.3, 0.4) is 0 Å². The Morgan fingerprint density at radius 1 is 1.27 bits per heavy atom. The highest BCUT2D eigenvalue weighted by molar-refractivity contribution is 6.01. The summed E-state index contributed by atoms with van der Waals surface area (Å²) in [6.07, 6.45) is 1.01. The van der Waals surface area contributed by atoms with Gasteiger partial charge in [0.1, 0.15) is 12.8 Å². The first-order valence-electron chi connectivity index (χ1n) is 11.7. The quantitative estimate of drug-likeness (QED) is 0.605. The van der Waals surface area contributed by atoms with Gasteiger partial charge in [-0.25, -0.2) is 8.78 Å². The first-order chi connectivity index (χ1) is 15.4. The molecule has 3 fully saturated rings. The first kappa shape index (κ1) is 24.2. The molecule has 4 aliphatic rings. The molecule has 0 bridgehead atoms. The zero-order valence-electron chi connectivity index (χ0n) is 19.3. The molecule has 2 N–H and O–H groups in total. The summed E-state index contributed by atoms with van der Waals surface area (Å²) in [5.41, 5.74) is -6.64. The molecule has 8 heteroatoms. The molecule has 0 spiro atoms. The van der Waals surface area contributed by atoms with Crippen molar-refractivity contribution in [2.75, 3.05) is 6.61 Å². The van der Waals surface area contributed by atoms with Crippen LogP contribution >= 0.6 is 0 Å². The lowest BCUT2D eigenvalue weighted by Crippen LogP contribution is -2.70. The molecule has 1 unspecified atom stereocenters. The molecule has 0 saturated heterocycles. The summed E-state index contributed by atoms with van der Waals surface area (Å²) in [4.78, 5) is 37.4. The molecular weight excluding hydrogens is 434 g/mol. The Labute approximate surface area is 192 Å². The van der Waals surface area contributed by atoms with Crippen LogP contribution in [0.25, 0.3) is 0 Å². The van der Waals surface area contributed by atoms with Gasteiger partial charge in [0.25, 0.3) is 0 Å². The van der Waals surface area contributed by atoms with E-state index in [4.69, 9.17) is 4.74 Å². The number of ether oxygens (including phenoxy) is 1. The number of esters is 1. The summed E-state index contributed by atoms with van der Waals surface area (Å²) in [6.45, 7) is 4.13. The van der Waals surface area contributed by atoms with Crippen LogP contribution in [0, 0.1) is 22.7 Å². The van der Waals surface area contributed by atoms with Gasteiger partial charge in [-0.05, 0) is 62.7 Å². The first-order valence-corrected chi connectivity index (χ1v) is 11.7. The van der Waals surface area contributed by atoms with E-state index in [1.54, 1.807) is 13.8 Å². The van der Waals surface area contributed by atoms with Crippen LogP contribution in [0.4, 0.5) is 8.78 Å². The van der Waals surface area contributed by atoms with Crippen LogP contribution < -0.4 is 0 Å². The third-order valence-electron chi connectivity index (χ3n) is 9.08. The molecule has 0 heterocycles. The van der Waals surface area contributed by atoms with E-state index >= 15 is 8.78 Å². The Balaban J connectivity index is 1.82. The summed E-state index contributed by atoms with van der Waals surface area (Å²) in [5.74, 6) is -3.24. The average Bonchev–Trinajstić information content (AvgIpc) is 3.04. The van der Waals surface area contributed by atoms with Crippen LogP contribution in [-0.4, -0.2) is 57.9 Å². The van der Waals surface area contributed by atoms with E-state index in [0.29, 0.717) is 6.42 Å². The molecule has 33 heavy (non-hydrogen) atoms. The van der Waals surface area contributed by atoms with Crippen LogP contribution in [0.2, 0.25) is 0 Å². The molecule has 8 atom stereocenters. The number of ketones is 2. The number of fused-ring (bicyclic) bond motifs is 5. The Bertz CT molecular complexity index is 945. The van der Waals surface area contributed by atoms with Gasteiger partial charge >= 0.3 is 5.97 Å². The fourth-order valence-corrected chi connectivity index (χ4v) is 7.45. The van der Waals surface area contributed by atoms with Crippen molar-refractivity contribution in [1.29, 1.82) is 0 Å². The van der Waals surface area contributed by atoms with Crippen molar-refractivity contribution in [3.05, 3.63) is 23.8 Å². The topological polar surface area (TPSA) is 101 Å². The van der Waals surface area contributed by atoms with Gasteiger partial charge < -0.3 is 14.9 Å². The van der Waals surface area contributed by atoms with Gasteiger partial charge in [-0.2, -0.15) is 0 Å². The van der Waals surface area contributed by atoms with E-state index in [0.717, 1.165) is 6.08 Å². The molecule has 0 radical (unpaired) electrons. The van der Waals surface area contributed by atoms with Crippen molar-refractivity contribution < 1.29 is 38.1 Å². The van der Waals surface area contributed by atoms with Gasteiger partial charge in [-0.1, -0.05) is 19.9 Å². The number of alkyl halides is 2. The van der Waals surface area contributed by atoms with Gasteiger partial charge in [0.05, 0.1) is 6.10 Å². The molecular formula is C25H32F2O6. The highest BCUT2D eigenvalue weighted by Crippen LogP contribution is 2.70. The summed E-state index contributed by atoms with van der Waals surface area (Å²) < 4.78 is 38.3. The minimum Gasteiger partial charge on any atom is -0.450 e. The Kier molecular flexibility index (Phi) is 5.72. The Morgan fingerprint density at radius 3 is 2.61 bits per heavy atom. The molecule has 0 aromatic heterocycles. The van der Waals surface area contributed by atoms with E-state index in [1.807, 2.05) is 0 Å². The standard InChI is InChI=1S/C25H32F2O6/c1-4-5-21(32)33-24(20(31)13-28)9-7-15-16-11-18(26)17-10-14(29)6-8-22(17,2)25(16,27)19(30)12-23(15,24)3/h6,8,10,15-16,18-19,28,30H,4-5,7,9,11-13H2,1-3H3/t15-,16-,18-,19?,22-,23-,24-,25-/m0/s1. The van der Waals surface area contributed by atoms with Crippen LogP contribution in [0.1, 0.15) is 59.3 Å². The predicted octanol–water partition coefficient (Wildman–Crippen LogP) is 2.95. The number of hydrogen-bond acceptors (Lipinski definition) is 6. The van der Waals surface area contributed by atoms with Crippen molar-refractivity contribution in [3.63, 3.8) is 0 Å². The minimum absolute atomic E-state index is 0.0291.